The molecule has 4 spiro atoms. The van der Waals surface area contributed by atoms with Crippen LogP contribution in [0, 0.1) is 34.0 Å². The summed E-state index contributed by atoms with van der Waals surface area (Å²) in [5, 5.41) is 0. The summed E-state index contributed by atoms with van der Waals surface area (Å²) in [6, 6.07) is 0. The molecule has 0 aromatic heterocycles. The molecule has 0 aromatic carbocycles. The summed E-state index contributed by atoms with van der Waals surface area (Å²) in [4.78, 5) is 3.12. The van der Waals surface area contributed by atoms with E-state index in [1.165, 1.54) is 70.8 Å². The standard InChI is InChI=1S/C28H37N/c1-18-9-13-26-19(2)14-21-7-8-22-15-20-6-4-11-25(20)17-29(25)28(22)12-5-10-24(26,3)27(21,28)16-23(18)26/h5,12,15,19-21H,4,6-11,13-14,16-17H2,1-3H3. The van der Waals surface area contributed by atoms with Crippen molar-refractivity contribution in [2.75, 3.05) is 6.54 Å². The summed E-state index contributed by atoms with van der Waals surface area (Å²) in [7, 11) is 0. The molecule has 0 amide bonds. The SMILES string of the molecule is CC1=C2CC34C5CCC6=CC7CCCC78CN8C63C=CCC4(C)C2(CC1)C(C)C5. The Hall–Kier alpha value is -0.820. The van der Waals surface area contributed by atoms with Crippen molar-refractivity contribution in [3.63, 3.8) is 0 Å². The molecule has 5 fully saturated rings. The molecule has 9 unspecified atom stereocenters. The van der Waals surface area contributed by atoms with Gasteiger partial charge in [-0.05, 0) is 93.5 Å². The summed E-state index contributed by atoms with van der Waals surface area (Å²) < 4.78 is 0. The molecule has 154 valence electrons. The van der Waals surface area contributed by atoms with E-state index in [0.29, 0.717) is 21.8 Å². The van der Waals surface area contributed by atoms with Gasteiger partial charge in [0.05, 0.1) is 5.54 Å². The second kappa shape index (κ2) is 4.52. The fraction of sp³-hybridized carbons (Fsp3) is 0.786. The Bertz CT molecular complexity index is 953. The molecular weight excluding hydrogens is 350 g/mol. The minimum absolute atomic E-state index is 0.272. The summed E-state index contributed by atoms with van der Waals surface area (Å²) in [5.74, 6) is 2.67. The monoisotopic (exact) mass is 387 g/mol. The van der Waals surface area contributed by atoms with Gasteiger partial charge in [-0.2, -0.15) is 0 Å². The van der Waals surface area contributed by atoms with Gasteiger partial charge < -0.3 is 0 Å². The van der Waals surface area contributed by atoms with Crippen LogP contribution in [-0.4, -0.2) is 22.5 Å². The Labute approximate surface area is 176 Å². The highest BCUT2D eigenvalue weighted by Crippen LogP contribution is 2.87. The highest BCUT2D eigenvalue weighted by Gasteiger charge is 2.85. The first kappa shape index (κ1) is 16.8. The second-order valence-corrected chi connectivity index (χ2v) is 12.8. The highest BCUT2D eigenvalue weighted by molar-refractivity contribution is 5.56. The van der Waals surface area contributed by atoms with E-state index in [9.17, 15) is 0 Å². The molecule has 0 aromatic rings. The van der Waals surface area contributed by atoms with Crippen molar-refractivity contribution < 1.29 is 0 Å². The number of hydrogen-bond acceptors (Lipinski definition) is 1. The first-order chi connectivity index (χ1) is 14.0. The number of rotatable bonds is 0. The molecule has 2 heterocycles. The highest BCUT2D eigenvalue weighted by atomic mass is 15.4. The fourth-order valence-corrected chi connectivity index (χ4v) is 12.0. The summed E-state index contributed by atoms with van der Waals surface area (Å²) in [6.45, 7) is 9.36. The van der Waals surface area contributed by atoms with Crippen LogP contribution in [0.4, 0.5) is 0 Å². The van der Waals surface area contributed by atoms with E-state index in [1.54, 1.807) is 5.57 Å². The van der Waals surface area contributed by atoms with Gasteiger partial charge in [-0.3, -0.25) is 4.90 Å². The lowest BCUT2D eigenvalue weighted by Crippen LogP contribution is -2.72. The van der Waals surface area contributed by atoms with E-state index in [2.05, 4.69) is 43.9 Å². The molecule has 1 heteroatoms. The molecule has 2 aliphatic heterocycles. The van der Waals surface area contributed by atoms with Crippen LogP contribution in [0.15, 0.2) is 34.9 Å². The molecule has 1 saturated heterocycles. The van der Waals surface area contributed by atoms with Gasteiger partial charge in [0.1, 0.15) is 0 Å². The Morgan fingerprint density at radius 3 is 2.93 bits per heavy atom. The lowest BCUT2D eigenvalue weighted by atomic mass is 9.34. The largest absolute Gasteiger partial charge is 0.281 e. The van der Waals surface area contributed by atoms with Crippen LogP contribution in [-0.2, 0) is 0 Å². The van der Waals surface area contributed by atoms with E-state index < -0.39 is 0 Å². The third-order valence-electron chi connectivity index (χ3n) is 12.9. The average molecular weight is 388 g/mol. The van der Waals surface area contributed by atoms with Crippen LogP contribution in [0.25, 0.3) is 0 Å². The predicted octanol–water partition coefficient (Wildman–Crippen LogP) is 6.42. The summed E-state index contributed by atoms with van der Waals surface area (Å²) >= 11 is 0. The molecule has 29 heavy (non-hydrogen) atoms. The number of nitrogens with zero attached hydrogens (tertiary/aromatic N) is 1. The van der Waals surface area contributed by atoms with Crippen LogP contribution in [0.3, 0.4) is 0 Å². The zero-order chi connectivity index (χ0) is 19.4. The zero-order valence-electron chi connectivity index (χ0n) is 18.7. The molecule has 9 atom stereocenters. The molecule has 2 bridgehead atoms. The molecule has 0 radical (unpaired) electrons. The topological polar surface area (TPSA) is 3.01 Å². The van der Waals surface area contributed by atoms with Crippen molar-refractivity contribution in [3.05, 3.63) is 34.9 Å². The maximum Gasteiger partial charge on any atom is 0.0679 e. The van der Waals surface area contributed by atoms with E-state index in [4.69, 9.17) is 0 Å². The van der Waals surface area contributed by atoms with Gasteiger partial charge >= 0.3 is 0 Å². The molecule has 1 nitrogen and oxygen atoms in total. The van der Waals surface area contributed by atoms with Crippen LogP contribution < -0.4 is 0 Å². The molecule has 4 saturated carbocycles. The number of allylic oxidation sites excluding steroid dienone is 3. The van der Waals surface area contributed by atoms with Crippen molar-refractivity contribution in [3.8, 4) is 0 Å². The first-order valence-electron chi connectivity index (χ1n) is 12.8. The lowest BCUT2D eigenvalue weighted by Gasteiger charge is -2.72. The van der Waals surface area contributed by atoms with Gasteiger partial charge in [0, 0.05) is 22.9 Å². The normalized spacial score (nSPS) is 62.8. The Kier molecular flexibility index (Phi) is 2.62. The Morgan fingerprint density at radius 1 is 1.14 bits per heavy atom. The van der Waals surface area contributed by atoms with Crippen molar-refractivity contribution >= 4 is 0 Å². The van der Waals surface area contributed by atoms with Gasteiger partial charge in [-0.15, -0.1) is 0 Å². The van der Waals surface area contributed by atoms with E-state index in [1.807, 2.05) is 11.1 Å². The minimum atomic E-state index is 0.272. The number of hydrogen-bond donors (Lipinski definition) is 0. The van der Waals surface area contributed by atoms with Crippen LogP contribution >= 0.6 is 0 Å². The van der Waals surface area contributed by atoms with E-state index in [0.717, 1.165) is 17.8 Å². The quantitative estimate of drug-likeness (QED) is 0.342. The maximum absolute atomic E-state index is 3.12. The van der Waals surface area contributed by atoms with Crippen LogP contribution in [0.5, 0.6) is 0 Å². The fourth-order valence-electron chi connectivity index (χ4n) is 12.0. The summed E-state index contributed by atoms with van der Waals surface area (Å²) in [6.07, 6.45) is 22.7. The van der Waals surface area contributed by atoms with Gasteiger partial charge in [0.15, 0.2) is 0 Å². The molecule has 8 aliphatic rings. The van der Waals surface area contributed by atoms with E-state index >= 15 is 0 Å². The van der Waals surface area contributed by atoms with Crippen LogP contribution in [0.2, 0.25) is 0 Å². The summed E-state index contributed by atoms with van der Waals surface area (Å²) in [5.41, 5.74) is 7.89. The van der Waals surface area contributed by atoms with Gasteiger partial charge in [-0.25, -0.2) is 0 Å². The Morgan fingerprint density at radius 2 is 2.03 bits per heavy atom. The van der Waals surface area contributed by atoms with Crippen molar-refractivity contribution in [2.24, 2.45) is 34.0 Å². The minimum Gasteiger partial charge on any atom is -0.281 e. The lowest BCUT2D eigenvalue weighted by molar-refractivity contribution is -0.184. The molecule has 6 aliphatic carbocycles. The van der Waals surface area contributed by atoms with Gasteiger partial charge in [0.2, 0.25) is 0 Å². The van der Waals surface area contributed by atoms with E-state index in [-0.39, 0.29) is 5.54 Å². The maximum atomic E-state index is 3.12. The van der Waals surface area contributed by atoms with Crippen LogP contribution in [0.1, 0.15) is 85.0 Å². The smallest absolute Gasteiger partial charge is 0.0679 e. The third kappa shape index (κ3) is 1.32. The van der Waals surface area contributed by atoms with Gasteiger partial charge in [0.25, 0.3) is 0 Å². The third-order valence-corrected chi connectivity index (χ3v) is 12.9. The Balaban J connectivity index is 1.46. The van der Waals surface area contributed by atoms with Crippen molar-refractivity contribution in [2.45, 2.75) is 96.1 Å². The van der Waals surface area contributed by atoms with Crippen molar-refractivity contribution in [1.29, 1.82) is 0 Å². The average Bonchev–Trinajstić information content (AvgIpc) is 3.09. The first-order valence-corrected chi connectivity index (χ1v) is 12.8. The zero-order valence-corrected chi connectivity index (χ0v) is 18.7. The predicted molar refractivity (Wildman–Crippen MR) is 117 cm³/mol. The molecule has 8 rings (SSSR count). The molecule has 0 N–H and O–H groups in total. The molecular formula is C28H37N. The van der Waals surface area contributed by atoms with Gasteiger partial charge in [-0.1, -0.05) is 49.6 Å². The second-order valence-electron chi connectivity index (χ2n) is 12.8. The van der Waals surface area contributed by atoms with Crippen molar-refractivity contribution in [1.82, 2.24) is 4.90 Å².